The first kappa shape index (κ1) is 33.9. The highest BCUT2D eigenvalue weighted by Crippen LogP contribution is 2.29. The monoisotopic (exact) mass is 606 g/mol. The van der Waals surface area contributed by atoms with E-state index >= 15 is 0 Å². The predicted octanol–water partition coefficient (Wildman–Crippen LogP) is 0.796. The van der Waals surface area contributed by atoms with Crippen LogP contribution in [0.15, 0.2) is 23.3 Å². The molecule has 3 rings (SSSR count). The molecule has 0 radical (unpaired) electrons. The second-order valence-corrected chi connectivity index (χ2v) is 9.39. The van der Waals surface area contributed by atoms with Crippen molar-refractivity contribution in [1.82, 2.24) is 10.2 Å². The Labute approximate surface area is 248 Å². The van der Waals surface area contributed by atoms with Gasteiger partial charge in [-0.3, -0.25) is 24.5 Å². The third kappa shape index (κ3) is 12.2. The van der Waals surface area contributed by atoms with Crippen molar-refractivity contribution in [3.63, 3.8) is 0 Å². The Morgan fingerprint density at radius 3 is 2.07 bits per heavy atom. The predicted molar refractivity (Wildman–Crippen MR) is 150 cm³/mol. The minimum Gasteiger partial charge on any atom is -0.379 e. The van der Waals surface area contributed by atoms with Gasteiger partial charge in [-0.15, -0.1) is 0 Å². The van der Waals surface area contributed by atoms with Gasteiger partial charge in [0.15, 0.2) is 0 Å². The molecule has 0 aromatic heterocycles. The van der Waals surface area contributed by atoms with Crippen molar-refractivity contribution in [1.29, 1.82) is 0 Å². The van der Waals surface area contributed by atoms with Gasteiger partial charge in [0.1, 0.15) is 12.6 Å². The topological polar surface area (TPSA) is 200 Å². The molecule has 2 heterocycles. The van der Waals surface area contributed by atoms with Crippen molar-refractivity contribution >= 4 is 29.3 Å². The molecule has 43 heavy (non-hydrogen) atoms. The van der Waals surface area contributed by atoms with Crippen LogP contribution >= 0.6 is 0 Å². The number of hydrogen-bond acceptors (Lipinski definition) is 11. The SMILES string of the molecule is [N-]=[N+]=NCCOCCOCCOCCOCCOCCOCC(=O)Nc1ccc2c(c1)CN(C1CCC(=O)NC1=O)C2=O. The molecule has 236 valence electrons. The highest BCUT2D eigenvalue weighted by atomic mass is 16.6. The first-order chi connectivity index (χ1) is 21.0. The second kappa shape index (κ2) is 19.5. The Hall–Kier alpha value is -3.63. The van der Waals surface area contributed by atoms with Gasteiger partial charge >= 0.3 is 0 Å². The smallest absolute Gasteiger partial charge is 0.255 e. The van der Waals surface area contributed by atoms with E-state index in [0.29, 0.717) is 89.4 Å². The fourth-order valence-electron chi connectivity index (χ4n) is 4.26. The summed E-state index contributed by atoms with van der Waals surface area (Å²) in [6.07, 6.45) is 0.474. The second-order valence-electron chi connectivity index (χ2n) is 9.39. The Balaban J connectivity index is 1.14. The summed E-state index contributed by atoms with van der Waals surface area (Å²) in [5.41, 5.74) is 9.81. The molecular weight excluding hydrogens is 568 g/mol. The van der Waals surface area contributed by atoms with Crippen molar-refractivity contribution in [3.05, 3.63) is 39.8 Å². The minimum atomic E-state index is -0.690. The largest absolute Gasteiger partial charge is 0.379 e. The van der Waals surface area contributed by atoms with E-state index in [-0.39, 0.29) is 50.3 Å². The number of amides is 4. The standard InChI is InChI=1S/C27H38N6O10/c28-32-29-5-6-38-7-8-39-9-10-40-11-12-41-13-14-42-15-16-43-19-25(35)30-21-1-2-22-20(17-21)18-33(27(22)37)23-3-4-24(34)31-26(23)36/h1-2,17,23H,3-16,18-19H2,(H,30,35)(H,31,34,36). The summed E-state index contributed by atoms with van der Waals surface area (Å²) in [6.45, 7) is 4.66. The molecule has 4 amide bonds. The molecule has 1 aromatic carbocycles. The van der Waals surface area contributed by atoms with E-state index in [9.17, 15) is 19.2 Å². The molecule has 0 aliphatic carbocycles. The number of imide groups is 1. The minimum absolute atomic E-state index is 0.163. The van der Waals surface area contributed by atoms with Crippen LogP contribution in [0, 0.1) is 0 Å². The fourth-order valence-corrected chi connectivity index (χ4v) is 4.26. The quantitative estimate of drug-likeness (QED) is 0.0625. The number of azide groups is 1. The van der Waals surface area contributed by atoms with Crippen LogP contribution < -0.4 is 10.6 Å². The van der Waals surface area contributed by atoms with Crippen LogP contribution in [0.2, 0.25) is 0 Å². The number of carbonyl (C=O) groups excluding carboxylic acids is 4. The van der Waals surface area contributed by atoms with Gasteiger partial charge in [0, 0.05) is 35.7 Å². The third-order valence-electron chi connectivity index (χ3n) is 6.30. The lowest BCUT2D eigenvalue weighted by Gasteiger charge is -2.29. The van der Waals surface area contributed by atoms with E-state index in [1.54, 1.807) is 18.2 Å². The maximum absolute atomic E-state index is 12.8. The summed E-state index contributed by atoms with van der Waals surface area (Å²) >= 11 is 0. The number of piperidine rings is 1. The average Bonchev–Trinajstić information content (AvgIpc) is 3.31. The Morgan fingerprint density at radius 1 is 0.907 bits per heavy atom. The lowest BCUT2D eigenvalue weighted by atomic mass is 10.0. The number of nitrogens with one attached hydrogen (secondary N) is 2. The first-order valence-corrected chi connectivity index (χ1v) is 14.0. The zero-order valence-corrected chi connectivity index (χ0v) is 24.0. The van der Waals surface area contributed by atoms with E-state index < -0.39 is 11.9 Å². The van der Waals surface area contributed by atoms with Crippen molar-refractivity contribution in [2.24, 2.45) is 5.11 Å². The van der Waals surface area contributed by atoms with Gasteiger partial charge in [-0.1, -0.05) is 5.11 Å². The number of hydrogen-bond donors (Lipinski definition) is 2. The Morgan fingerprint density at radius 2 is 1.49 bits per heavy atom. The van der Waals surface area contributed by atoms with Gasteiger partial charge < -0.3 is 38.6 Å². The molecule has 0 spiro atoms. The molecule has 1 unspecified atom stereocenters. The summed E-state index contributed by atoms with van der Waals surface area (Å²) < 4.78 is 32.1. The number of fused-ring (bicyclic) bond motifs is 1. The summed E-state index contributed by atoms with van der Waals surface area (Å²) in [7, 11) is 0. The van der Waals surface area contributed by atoms with Gasteiger partial charge in [-0.25, -0.2) is 0 Å². The number of benzene rings is 1. The molecule has 1 saturated heterocycles. The molecule has 0 saturated carbocycles. The summed E-state index contributed by atoms with van der Waals surface area (Å²) in [5, 5.41) is 8.37. The molecule has 1 fully saturated rings. The van der Waals surface area contributed by atoms with Crippen molar-refractivity contribution in [2.75, 3.05) is 91.1 Å². The maximum Gasteiger partial charge on any atom is 0.255 e. The highest BCUT2D eigenvalue weighted by molar-refractivity contribution is 6.05. The first-order valence-electron chi connectivity index (χ1n) is 14.0. The van der Waals surface area contributed by atoms with Gasteiger partial charge in [0.25, 0.3) is 5.91 Å². The number of anilines is 1. The number of rotatable bonds is 22. The average molecular weight is 607 g/mol. The molecule has 1 aromatic rings. The highest BCUT2D eigenvalue weighted by Gasteiger charge is 2.39. The zero-order chi connectivity index (χ0) is 30.7. The van der Waals surface area contributed by atoms with Crippen LogP contribution in [0.5, 0.6) is 0 Å². The van der Waals surface area contributed by atoms with Gasteiger partial charge in [-0.2, -0.15) is 0 Å². The van der Waals surface area contributed by atoms with E-state index in [2.05, 4.69) is 20.7 Å². The van der Waals surface area contributed by atoms with Crippen LogP contribution in [0.1, 0.15) is 28.8 Å². The van der Waals surface area contributed by atoms with Gasteiger partial charge in [0.2, 0.25) is 17.7 Å². The molecule has 16 heteroatoms. The molecule has 16 nitrogen and oxygen atoms in total. The zero-order valence-electron chi connectivity index (χ0n) is 24.0. The lowest BCUT2D eigenvalue weighted by Crippen LogP contribution is -2.52. The van der Waals surface area contributed by atoms with Crippen LogP contribution in [-0.4, -0.2) is 120 Å². The van der Waals surface area contributed by atoms with Gasteiger partial charge in [0.05, 0.1) is 72.7 Å². The molecule has 2 N–H and O–H groups in total. The van der Waals surface area contributed by atoms with Gasteiger partial charge in [-0.05, 0) is 35.7 Å². The summed E-state index contributed by atoms with van der Waals surface area (Å²) in [6, 6.07) is 4.26. The number of nitrogens with zero attached hydrogens (tertiary/aromatic N) is 4. The molecule has 2 aliphatic rings. The van der Waals surface area contributed by atoms with Crippen molar-refractivity contribution in [2.45, 2.75) is 25.4 Å². The van der Waals surface area contributed by atoms with Crippen LogP contribution in [-0.2, 0) is 49.3 Å². The fraction of sp³-hybridized carbons (Fsp3) is 0.630. The molecule has 1 atom stereocenters. The van der Waals surface area contributed by atoms with E-state index in [1.807, 2.05) is 0 Å². The third-order valence-corrected chi connectivity index (χ3v) is 6.30. The van der Waals surface area contributed by atoms with Crippen molar-refractivity contribution in [3.8, 4) is 0 Å². The van der Waals surface area contributed by atoms with Crippen LogP contribution in [0.25, 0.3) is 10.4 Å². The maximum atomic E-state index is 12.8. The Bertz CT molecular complexity index is 1130. The summed E-state index contributed by atoms with van der Waals surface area (Å²) in [4.78, 5) is 52.7. The van der Waals surface area contributed by atoms with Crippen molar-refractivity contribution < 1.29 is 47.6 Å². The number of ether oxygens (including phenoxy) is 6. The Kier molecular flexibility index (Phi) is 15.4. The van der Waals surface area contributed by atoms with Crippen LogP contribution in [0.3, 0.4) is 0 Å². The molecule has 0 bridgehead atoms. The lowest BCUT2D eigenvalue weighted by molar-refractivity contribution is -0.137. The molecule has 2 aliphatic heterocycles. The number of carbonyl (C=O) groups is 4. The summed E-state index contributed by atoms with van der Waals surface area (Å²) in [5.74, 6) is -1.43. The van der Waals surface area contributed by atoms with Crippen LogP contribution in [0.4, 0.5) is 5.69 Å². The van der Waals surface area contributed by atoms with E-state index in [1.165, 1.54) is 4.90 Å². The molecular formula is C27H38N6O10. The normalized spacial score (nSPS) is 16.1. The van der Waals surface area contributed by atoms with E-state index in [4.69, 9.17) is 34.0 Å². The van der Waals surface area contributed by atoms with E-state index in [0.717, 1.165) is 0 Å².